The third kappa shape index (κ3) is 3.94. The first kappa shape index (κ1) is 18.5. The van der Waals surface area contributed by atoms with Gasteiger partial charge >= 0.3 is 6.18 Å². The van der Waals surface area contributed by atoms with Gasteiger partial charge in [0.25, 0.3) is 10.0 Å². The fourth-order valence-electron chi connectivity index (χ4n) is 2.05. The maximum atomic E-state index is 12.6. The summed E-state index contributed by atoms with van der Waals surface area (Å²) < 4.78 is 73.0. The molecule has 1 aliphatic rings. The van der Waals surface area contributed by atoms with E-state index in [1.165, 1.54) is 18.2 Å². The molecule has 1 aromatic carbocycles. The first-order valence-electron chi connectivity index (χ1n) is 7.07. The number of halogens is 4. The summed E-state index contributed by atoms with van der Waals surface area (Å²) in [4.78, 5) is 5.33. The van der Waals surface area contributed by atoms with Crippen molar-refractivity contribution in [2.45, 2.75) is 11.1 Å². The summed E-state index contributed by atoms with van der Waals surface area (Å²) in [6, 6.07) is 4.63. The van der Waals surface area contributed by atoms with Crippen LogP contribution < -0.4 is 19.7 Å². The van der Waals surface area contributed by atoms with Gasteiger partial charge in [-0.2, -0.15) is 13.2 Å². The van der Waals surface area contributed by atoms with E-state index < -0.39 is 26.8 Å². The van der Waals surface area contributed by atoms with Crippen molar-refractivity contribution < 1.29 is 31.1 Å². The predicted molar refractivity (Wildman–Crippen MR) is 85.6 cm³/mol. The van der Waals surface area contributed by atoms with Gasteiger partial charge in [0, 0.05) is 12.3 Å². The highest BCUT2D eigenvalue weighted by molar-refractivity contribution is 7.89. The van der Waals surface area contributed by atoms with Gasteiger partial charge < -0.3 is 9.47 Å². The maximum Gasteiger partial charge on any atom is 0.417 e. The standard InChI is InChI=1S/C14H11ClF3N3O4S/c15-10-5-8(14(16,17)18)7-19-13(10)20-21-26(22,23)9-1-2-11-12(6-9)25-4-3-24-11/h1-2,5-7,21H,3-4H2,(H,19,20). The van der Waals surface area contributed by atoms with Crippen LogP contribution in [0, 0.1) is 0 Å². The smallest absolute Gasteiger partial charge is 0.417 e. The normalized spacial score (nSPS) is 14.2. The number of nitrogens with zero attached hydrogens (tertiary/aromatic N) is 1. The first-order chi connectivity index (χ1) is 12.2. The molecule has 3 rings (SSSR count). The molecule has 0 unspecified atom stereocenters. The zero-order valence-corrected chi connectivity index (χ0v) is 14.4. The first-order valence-corrected chi connectivity index (χ1v) is 8.93. The second-order valence-electron chi connectivity index (χ2n) is 5.09. The van der Waals surface area contributed by atoms with Crippen molar-refractivity contribution in [2.75, 3.05) is 18.6 Å². The van der Waals surface area contributed by atoms with Gasteiger partial charge in [-0.1, -0.05) is 11.6 Å². The van der Waals surface area contributed by atoms with Gasteiger partial charge in [-0.3, -0.25) is 5.43 Å². The van der Waals surface area contributed by atoms with E-state index in [1.54, 1.807) is 0 Å². The molecule has 0 aliphatic carbocycles. The number of rotatable bonds is 4. The van der Waals surface area contributed by atoms with Crippen molar-refractivity contribution in [3.63, 3.8) is 0 Å². The molecule has 7 nitrogen and oxygen atoms in total. The minimum atomic E-state index is -4.61. The Morgan fingerprint density at radius 1 is 1.12 bits per heavy atom. The maximum absolute atomic E-state index is 12.6. The average Bonchev–Trinajstić information content (AvgIpc) is 2.59. The number of hydrogen-bond donors (Lipinski definition) is 2. The quantitative estimate of drug-likeness (QED) is 0.755. The number of nitrogens with one attached hydrogen (secondary N) is 2. The highest BCUT2D eigenvalue weighted by atomic mass is 35.5. The third-order valence-electron chi connectivity index (χ3n) is 3.30. The number of sulfonamides is 1. The molecule has 2 aromatic rings. The highest BCUT2D eigenvalue weighted by Crippen LogP contribution is 2.33. The Bertz CT molecular complexity index is 938. The Kier molecular flexibility index (Phi) is 4.86. The van der Waals surface area contributed by atoms with Crippen molar-refractivity contribution in [1.82, 2.24) is 9.82 Å². The molecule has 0 fully saturated rings. The van der Waals surface area contributed by atoms with Crippen LogP contribution in [-0.2, 0) is 16.2 Å². The SMILES string of the molecule is O=S(=O)(NNc1ncc(C(F)(F)F)cc1Cl)c1ccc2c(c1)OCCO2. The van der Waals surface area contributed by atoms with Gasteiger partial charge in [-0.25, -0.2) is 13.4 Å². The van der Waals surface area contributed by atoms with Crippen molar-refractivity contribution >= 4 is 27.4 Å². The Labute approximate surface area is 151 Å². The lowest BCUT2D eigenvalue weighted by molar-refractivity contribution is -0.137. The van der Waals surface area contributed by atoms with Crippen molar-refractivity contribution in [1.29, 1.82) is 0 Å². The van der Waals surface area contributed by atoms with Gasteiger partial charge in [-0.15, -0.1) is 4.83 Å². The average molecular weight is 410 g/mol. The number of ether oxygens (including phenoxy) is 2. The van der Waals surface area contributed by atoms with Crippen LogP contribution in [0.1, 0.15) is 5.56 Å². The van der Waals surface area contributed by atoms with Crippen LogP contribution >= 0.6 is 11.6 Å². The van der Waals surface area contributed by atoms with Gasteiger partial charge in [0.1, 0.15) is 13.2 Å². The molecule has 140 valence electrons. The van der Waals surface area contributed by atoms with Crippen LogP contribution in [0.15, 0.2) is 35.4 Å². The molecule has 1 aromatic heterocycles. The molecule has 12 heteroatoms. The van der Waals surface area contributed by atoms with Crippen molar-refractivity contribution in [3.8, 4) is 11.5 Å². The fraction of sp³-hybridized carbons (Fsp3) is 0.214. The van der Waals surface area contributed by atoms with Crippen LogP contribution in [0.25, 0.3) is 0 Å². The molecule has 0 amide bonds. The second-order valence-corrected chi connectivity index (χ2v) is 7.18. The van der Waals surface area contributed by atoms with Gasteiger partial charge in [0.2, 0.25) is 0 Å². The monoisotopic (exact) mass is 409 g/mol. The predicted octanol–water partition coefficient (Wildman–Crippen LogP) is 2.83. The summed E-state index contributed by atoms with van der Waals surface area (Å²) in [7, 11) is -4.06. The molecule has 26 heavy (non-hydrogen) atoms. The van der Waals surface area contributed by atoms with Crippen LogP contribution in [0.5, 0.6) is 11.5 Å². The molecular formula is C14H11ClF3N3O4S. The number of hydrazine groups is 1. The fourth-order valence-corrected chi connectivity index (χ4v) is 3.12. The molecule has 1 aliphatic heterocycles. The molecule has 0 atom stereocenters. The van der Waals surface area contributed by atoms with E-state index in [4.69, 9.17) is 21.1 Å². The second kappa shape index (κ2) is 6.82. The largest absolute Gasteiger partial charge is 0.486 e. The molecule has 0 bridgehead atoms. The number of fused-ring (bicyclic) bond motifs is 1. The lowest BCUT2D eigenvalue weighted by Crippen LogP contribution is -2.30. The molecule has 0 saturated carbocycles. The Morgan fingerprint density at radius 3 is 2.46 bits per heavy atom. The van der Waals surface area contributed by atoms with E-state index in [9.17, 15) is 21.6 Å². The number of anilines is 1. The zero-order chi connectivity index (χ0) is 18.9. The summed E-state index contributed by atoms with van der Waals surface area (Å²) in [5, 5.41) is -0.398. The van der Waals surface area contributed by atoms with Crippen LogP contribution in [0.3, 0.4) is 0 Å². The van der Waals surface area contributed by atoms with Crippen molar-refractivity contribution in [2.24, 2.45) is 0 Å². The Hall–Kier alpha value is -2.24. The summed E-state index contributed by atoms with van der Waals surface area (Å²) in [6.45, 7) is 0.643. The van der Waals surface area contributed by atoms with Gasteiger partial charge in [0.05, 0.1) is 15.5 Å². The van der Waals surface area contributed by atoms with Gasteiger partial charge in [-0.05, 0) is 18.2 Å². The molecular weight excluding hydrogens is 399 g/mol. The highest BCUT2D eigenvalue weighted by Gasteiger charge is 2.31. The van der Waals surface area contributed by atoms with E-state index in [-0.39, 0.29) is 23.1 Å². The minimum absolute atomic E-state index is 0.141. The lowest BCUT2D eigenvalue weighted by Gasteiger charge is -2.19. The Balaban J connectivity index is 1.76. The zero-order valence-electron chi connectivity index (χ0n) is 12.8. The number of aromatic nitrogens is 1. The summed E-state index contributed by atoms with van der Waals surface area (Å²) >= 11 is 5.71. The van der Waals surface area contributed by atoms with Gasteiger partial charge in [0.15, 0.2) is 17.3 Å². The minimum Gasteiger partial charge on any atom is -0.486 e. The van der Waals surface area contributed by atoms with E-state index >= 15 is 0 Å². The van der Waals surface area contributed by atoms with Crippen LogP contribution in [0.2, 0.25) is 5.02 Å². The van der Waals surface area contributed by atoms with Crippen molar-refractivity contribution in [3.05, 3.63) is 41.0 Å². The topological polar surface area (TPSA) is 89.6 Å². The Morgan fingerprint density at radius 2 is 1.81 bits per heavy atom. The summed E-state index contributed by atoms with van der Waals surface area (Å²) in [6.07, 6.45) is -4.08. The third-order valence-corrected chi connectivity index (χ3v) is 4.83. The molecule has 0 spiro atoms. The van der Waals surface area contributed by atoms with Crippen LogP contribution in [-0.4, -0.2) is 26.6 Å². The number of hydrogen-bond acceptors (Lipinski definition) is 6. The van der Waals surface area contributed by atoms with E-state index in [2.05, 4.69) is 10.4 Å². The van der Waals surface area contributed by atoms with Crippen LogP contribution in [0.4, 0.5) is 19.0 Å². The molecule has 2 heterocycles. The molecule has 0 saturated heterocycles. The molecule has 0 radical (unpaired) electrons. The summed E-state index contributed by atoms with van der Waals surface area (Å²) in [5.41, 5.74) is 1.14. The number of pyridine rings is 1. The van der Waals surface area contributed by atoms with E-state index in [1.807, 2.05) is 4.83 Å². The number of benzene rings is 1. The van der Waals surface area contributed by atoms with E-state index in [0.717, 1.165) is 0 Å². The summed E-state index contributed by atoms with van der Waals surface area (Å²) in [5.74, 6) is 0.404. The molecule has 2 N–H and O–H groups in total. The number of alkyl halides is 3. The van der Waals surface area contributed by atoms with E-state index in [0.29, 0.717) is 24.6 Å². The lowest BCUT2D eigenvalue weighted by atomic mass is 10.3.